The predicted molar refractivity (Wildman–Crippen MR) is 115 cm³/mol. The first-order chi connectivity index (χ1) is 14.0. The fourth-order valence-electron chi connectivity index (χ4n) is 2.99. The lowest BCUT2D eigenvalue weighted by Gasteiger charge is -2.16. The highest BCUT2D eigenvalue weighted by Crippen LogP contribution is 2.38. The first kappa shape index (κ1) is 20.6. The van der Waals surface area contributed by atoms with Crippen LogP contribution in [0.3, 0.4) is 0 Å². The normalized spacial score (nSPS) is 12.0. The highest BCUT2D eigenvalue weighted by molar-refractivity contribution is 7.85. The molecule has 0 radical (unpaired) electrons. The third kappa shape index (κ3) is 4.63. The highest BCUT2D eigenvalue weighted by atomic mass is 32.2. The third-order valence-corrected chi connectivity index (χ3v) is 5.93. The Hall–Kier alpha value is -3.18. The standard InChI is InChI=1S/C24H22O4S/c1-17-11-14-19(15-12-17)29(26)22-10-5-4-8-20(22)24-18(13-16-23(25)28-3)7-6-9-21(24)27-2/h4-16H,1-3H3/b16-13+. The molecule has 1 atom stereocenters. The van der Waals surface area contributed by atoms with Crippen molar-refractivity contribution in [2.24, 2.45) is 0 Å². The molecule has 0 aliphatic carbocycles. The van der Waals surface area contributed by atoms with Gasteiger partial charge in [0.25, 0.3) is 0 Å². The zero-order chi connectivity index (χ0) is 20.8. The van der Waals surface area contributed by atoms with E-state index in [0.717, 1.165) is 27.1 Å². The van der Waals surface area contributed by atoms with Crippen molar-refractivity contribution in [2.75, 3.05) is 14.2 Å². The van der Waals surface area contributed by atoms with Crippen molar-refractivity contribution in [1.29, 1.82) is 0 Å². The number of carbonyl (C=O) groups is 1. The van der Waals surface area contributed by atoms with Crippen LogP contribution in [0.2, 0.25) is 0 Å². The van der Waals surface area contributed by atoms with E-state index in [2.05, 4.69) is 0 Å². The Bertz CT molecular complexity index is 1070. The molecule has 3 rings (SSSR count). The summed E-state index contributed by atoms with van der Waals surface area (Å²) in [6, 6.07) is 20.7. The van der Waals surface area contributed by atoms with Crippen LogP contribution in [0, 0.1) is 6.92 Å². The van der Waals surface area contributed by atoms with Crippen LogP contribution >= 0.6 is 0 Å². The van der Waals surface area contributed by atoms with E-state index < -0.39 is 16.8 Å². The molecule has 148 valence electrons. The molecule has 0 amide bonds. The molecule has 0 saturated heterocycles. The Morgan fingerprint density at radius 3 is 2.34 bits per heavy atom. The first-order valence-corrected chi connectivity index (χ1v) is 10.2. The van der Waals surface area contributed by atoms with Crippen LogP contribution in [-0.2, 0) is 20.3 Å². The minimum absolute atomic E-state index is 0.449. The fraction of sp³-hybridized carbons (Fsp3) is 0.125. The lowest BCUT2D eigenvalue weighted by Crippen LogP contribution is -1.99. The molecule has 0 aromatic heterocycles. The first-order valence-electron chi connectivity index (χ1n) is 9.06. The minimum Gasteiger partial charge on any atom is -0.496 e. The second kappa shape index (κ2) is 9.34. The molecule has 0 saturated carbocycles. The van der Waals surface area contributed by atoms with Crippen LogP contribution < -0.4 is 4.74 Å². The predicted octanol–water partition coefficient (Wildman–Crippen LogP) is 5.02. The molecule has 0 heterocycles. The van der Waals surface area contributed by atoms with Gasteiger partial charge < -0.3 is 9.47 Å². The molecule has 0 bridgehead atoms. The van der Waals surface area contributed by atoms with E-state index in [1.54, 1.807) is 13.2 Å². The summed E-state index contributed by atoms with van der Waals surface area (Å²) in [5, 5.41) is 0. The molecule has 0 aliphatic rings. The van der Waals surface area contributed by atoms with Crippen LogP contribution in [0.25, 0.3) is 17.2 Å². The number of rotatable bonds is 6. The molecule has 1 unspecified atom stereocenters. The topological polar surface area (TPSA) is 52.6 Å². The van der Waals surface area contributed by atoms with Gasteiger partial charge in [-0.1, -0.05) is 48.0 Å². The molecule has 0 spiro atoms. The van der Waals surface area contributed by atoms with Gasteiger partial charge in [0.05, 0.1) is 29.9 Å². The maximum Gasteiger partial charge on any atom is 0.330 e. The maximum atomic E-state index is 13.4. The van der Waals surface area contributed by atoms with Crippen LogP contribution in [-0.4, -0.2) is 24.4 Å². The van der Waals surface area contributed by atoms with Crippen LogP contribution in [0.1, 0.15) is 11.1 Å². The molecule has 5 heteroatoms. The maximum absolute atomic E-state index is 13.4. The van der Waals surface area contributed by atoms with Gasteiger partial charge in [0, 0.05) is 22.1 Å². The van der Waals surface area contributed by atoms with Crippen molar-refractivity contribution >= 4 is 22.8 Å². The minimum atomic E-state index is -1.37. The highest BCUT2D eigenvalue weighted by Gasteiger charge is 2.18. The van der Waals surface area contributed by atoms with Gasteiger partial charge in [0.1, 0.15) is 5.75 Å². The lowest BCUT2D eigenvalue weighted by molar-refractivity contribution is -0.134. The number of ether oxygens (including phenoxy) is 2. The molecule has 0 aliphatic heterocycles. The monoisotopic (exact) mass is 406 g/mol. The van der Waals surface area contributed by atoms with Gasteiger partial charge in [-0.3, -0.25) is 0 Å². The number of hydrogen-bond acceptors (Lipinski definition) is 4. The average molecular weight is 407 g/mol. The largest absolute Gasteiger partial charge is 0.496 e. The molecule has 3 aromatic rings. The van der Waals surface area contributed by atoms with Gasteiger partial charge in [-0.15, -0.1) is 0 Å². The van der Waals surface area contributed by atoms with Crippen LogP contribution in [0.5, 0.6) is 5.75 Å². The van der Waals surface area contributed by atoms with Crippen molar-refractivity contribution < 1.29 is 18.5 Å². The summed E-state index contributed by atoms with van der Waals surface area (Å²) in [6.45, 7) is 2.00. The van der Waals surface area contributed by atoms with Crippen LogP contribution in [0.4, 0.5) is 0 Å². The molecular formula is C24H22O4S. The van der Waals surface area contributed by atoms with E-state index in [0.29, 0.717) is 10.6 Å². The Labute approximate surface area is 173 Å². The van der Waals surface area contributed by atoms with Crippen molar-refractivity contribution in [3.8, 4) is 16.9 Å². The molecule has 4 nitrogen and oxygen atoms in total. The van der Waals surface area contributed by atoms with E-state index in [1.807, 2.05) is 73.7 Å². The van der Waals surface area contributed by atoms with E-state index in [-0.39, 0.29) is 0 Å². The number of esters is 1. The van der Waals surface area contributed by atoms with Crippen molar-refractivity contribution in [3.63, 3.8) is 0 Å². The SMILES string of the molecule is COC(=O)/C=C/c1cccc(OC)c1-c1ccccc1S(=O)c1ccc(C)cc1. The Kier molecular flexibility index (Phi) is 6.62. The molecule has 0 fully saturated rings. The van der Waals surface area contributed by atoms with Gasteiger partial charge in [-0.2, -0.15) is 0 Å². The molecule has 3 aromatic carbocycles. The number of aryl methyl sites for hydroxylation is 1. The summed E-state index contributed by atoms with van der Waals surface area (Å²) in [5.41, 5.74) is 3.43. The summed E-state index contributed by atoms with van der Waals surface area (Å²) in [5.74, 6) is 0.181. The van der Waals surface area contributed by atoms with Crippen molar-refractivity contribution in [2.45, 2.75) is 16.7 Å². The Morgan fingerprint density at radius 1 is 0.931 bits per heavy atom. The quantitative estimate of drug-likeness (QED) is 0.426. The van der Waals surface area contributed by atoms with Gasteiger partial charge in [0.2, 0.25) is 0 Å². The number of methoxy groups -OCH3 is 2. The average Bonchev–Trinajstić information content (AvgIpc) is 2.77. The fourth-order valence-corrected chi connectivity index (χ4v) is 4.20. The van der Waals surface area contributed by atoms with E-state index in [4.69, 9.17) is 9.47 Å². The second-order valence-corrected chi connectivity index (χ2v) is 7.81. The van der Waals surface area contributed by atoms with E-state index in [9.17, 15) is 9.00 Å². The van der Waals surface area contributed by atoms with Gasteiger partial charge in [0.15, 0.2) is 0 Å². The lowest BCUT2D eigenvalue weighted by atomic mass is 9.98. The van der Waals surface area contributed by atoms with Gasteiger partial charge >= 0.3 is 5.97 Å². The third-order valence-electron chi connectivity index (χ3n) is 4.47. The second-order valence-electron chi connectivity index (χ2n) is 6.36. The summed E-state index contributed by atoms with van der Waals surface area (Å²) < 4.78 is 23.6. The summed E-state index contributed by atoms with van der Waals surface area (Å²) >= 11 is 0. The Balaban J connectivity index is 2.17. The van der Waals surface area contributed by atoms with Gasteiger partial charge in [-0.25, -0.2) is 9.00 Å². The zero-order valence-corrected chi connectivity index (χ0v) is 17.4. The number of carbonyl (C=O) groups excluding carboxylic acids is 1. The molecule has 0 N–H and O–H groups in total. The smallest absolute Gasteiger partial charge is 0.330 e. The molecular weight excluding hydrogens is 384 g/mol. The summed E-state index contributed by atoms with van der Waals surface area (Å²) in [4.78, 5) is 13.0. The number of benzene rings is 3. The van der Waals surface area contributed by atoms with Crippen LogP contribution in [0.15, 0.2) is 82.6 Å². The number of hydrogen-bond donors (Lipinski definition) is 0. The van der Waals surface area contributed by atoms with Gasteiger partial charge in [-0.05, 0) is 42.8 Å². The zero-order valence-electron chi connectivity index (χ0n) is 16.5. The molecule has 29 heavy (non-hydrogen) atoms. The van der Waals surface area contributed by atoms with E-state index in [1.165, 1.54) is 13.2 Å². The van der Waals surface area contributed by atoms with Crippen molar-refractivity contribution in [1.82, 2.24) is 0 Å². The van der Waals surface area contributed by atoms with Crippen molar-refractivity contribution in [3.05, 3.63) is 83.9 Å². The van der Waals surface area contributed by atoms with E-state index >= 15 is 0 Å². The Morgan fingerprint density at radius 2 is 1.66 bits per heavy atom. The summed E-state index contributed by atoms with van der Waals surface area (Å²) in [6.07, 6.45) is 3.03. The summed E-state index contributed by atoms with van der Waals surface area (Å²) in [7, 11) is 1.55.